The Labute approximate surface area is 153 Å². The lowest BCUT2D eigenvalue weighted by molar-refractivity contribution is -0.114. The number of carbonyl (C=O) groups is 1. The summed E-state index contributed by atoms with van der Waals surface area (Å²) in [4.78, 5) is 11.2. The molecule has 1 aliphatic rings. The molecule has 0 heterocycles. The predicted molar refractivity (Wildman–Crippen MR) is 101 cm³/mol. The molecule has 0 saturated heterocycles. The molecule has 26 heavy (non-hydrogen) atoms. The molecule has 138 valence electrons. The molecule has 0 spiro atoms. The van der Waals surface area contributed by atoms with Crippen LogP contribution in [0.4, 0.5) is 11.4 Å². The number of hydrogen-bond acceptors (Lipinski definition) is 4. The summed E-state index contributed by atoms with van der Waals surface area (Å²) >= 11 is 0. The third-order valence-corrected chi connectivity index (χ3v) is 5.59. The van der Waals surface area contributed by atoms with Crippen LogP contribution in [-0.4, -0.2) is 20.4 Å². The maximum Gasteiger partial charge on any atom is 0.261 e. The van der Waals surface area contributed by atoms with Crippen molar-refractivity contribution in [2.24, 2.45) is 0 Å². The number of anilines is 2. The van der Waals surface area contributed by atoms with E-state index >= 15 is 0 Å². The second-order valence-electron chi connectivity index (χ2n) is 6.36. The molecule has 2 aromatic rings. The zero-order chi connectivity index (χ0) is 18.6. The van der Waals surface area contributed by atoms with Crippen molar-refractivity contribution in [2.75, 3.05) is 10.0 Å². The van der Waals surface area contributed by atoms with Gasteiger partial charge in [0.25, 0.3) is 10.0 Å². The van der Waals surface area contributed by atoms with Crippen LogP contribution in [0, 0.1) is 0 Å². The Bertz CT molecular complexity index is 855. The van der Waals surface area contributed by atoms with Gasteiger partial charge in [-0.05, 0) is 74.2 Å². The zero-order valence-corrected chi connectivity index (χ0v) is 15.4. The first-order valence-electron chi connectivity index (χ1n) is 8.59. The van der Waals surface area contributed by atoms with Gasteiger partial charge in [-0.25, -0.2) is 8.42 Å². The van der Waals surface area contributed by atoms with Crippen LogP contribution < -0.4 is 14.8 Å². The van der Waals surface area contributed by atoms with Gasteiger partial charge in [-0.15, -0.1) is 0 Å². The molecule has 0 unspecified atom stereocenters. The molecule has 1 aliphatic carbocycles. The van der Waals surface area contributed by atoms with Crippen molar-refractivity contribution in [3.63, 3.8) is 0 Å². The lowest BCUT2D eigenvalue weighted by Crippen LogP contribution is -2.14. The standard InChI is InChI=1S/C19H22N2O4S/c1-14(22)20-15-6-8-16(9-7-15)21-26(23,24)19-12-10-18(11-13-19)25-17-4-2-3-5-17/h6-13,17,21H,2-5H2,1H3,(H,20,22). The van der Waals surface area contributed by atoms with Gasteiger partial charge in [0.1, 0.15) is 5.75 Å². The van der Waals surface area contributed by atoms with Crippen LogP contribution in [0.25, 0.3) is 0 Å². The Balaban J connectivity index is 1.66. The van der Waals surface area contributed by atoms with Crippen molar-refractivity contribution in [3.8, 4) is 5.75 Å². The lowest BCUT2D eigenvalue weighted by atomic mass is 10.3. The minimum Gasteiger partial charge on any atom is -0.490 e. The summed E-state index contributed by atoms with van der Waals surface area (Å²) in [5.41, 5.74) is 1.03. The number of hydrogen-bond donors (Lipinski definition) is 2. The maximum absolute atomic E-state index is 12.5. The van der Waals surface area contributed by atoms with Crippen LogP contribution in [-0.2, 0) is 14.8 Å². The van der Waals surface area contributed by atoms with E-state index in [0.29, 0.717) is 17.1 Å². The second kappa shape index (κ2) is 7.78. The first-order valence-corrected chi connectivity index (χ1v) is 10.1. The van der Waals surface area contributed by atoms with Crippen LogP contribution in [0.3, 0.4) is 0 Å². The highest BCUT2D eigenvalue weighted by molar-refractivity contribution is 7.92. The Morgan fingerprint density at radius 3 is 2.12 bits per heavy atom. The Morgan fingerprint density at radius 2 is 1.54 bits per heavy atom. The highest BCUT2D eigenvalue weighted by atomic mass is 32.2. The normalized spacial score (nSPS) is 14.8. The number of nitrogens with one attached hydrogen (secondary N) is 2. The monoisotopic (exact) mass is 374 g/mol. The molecule has 3 rings (SSSR count). The lowest BCUT2D eigenvalue weighted by Gasteiger charge is -2.14. The second-order valence-corrected chi connectivity index (χ2v) is 8.04. The van der Waals surface area contributed by atoms with Gasteiger partial charge in [-0.2, -0.15) is 0 Å². The van der Waals surface area contributed by atoms with E-state index in [1.807, 2.05) is 0 Å². The van der Waals surface area contributed by atoms with E-state index in [4.69, 9.17) is 4.74 Å². The molecule has 1 saturated carbocycles. The summed E-state index contributed by atoms with van der Waals surface area (Å²) in [6.45, 7) is 1.41. The van der Waals surface area contributed by atoms with Crippen LogP contribution in [0.5, 0.6) is 5.75 Å². The van der Waals surface area contributed by atoms with Crippen LogP contribution in [0.2, 0.25) is 0 Å². The fraction of sp³-hybridized carbons (Fsp3) is 0.316. The van der Waals surface area contributed by atoms with Crippen molar-refractivity contribution in [3.05, 3.63) is 48.5 Å². The minimum atomic E-state index is -3.69. The van der Waals surface area contributed by atoms with Gasteiger partial charge in [0, 0.05) is 18.3 Å². The molecule has 2 N–H and O–H groups in total. The topological polar surface area (TPSA) is 84.5 Å². The Morgan fingerprint density at radius 1 is 0.962 bits per heavy atom. The minimum absolute atomic E-state index is 0.169. The number of sulfonamides is 1. The van der Waals surface area contributed by atoms with Gasteiger partial charge in [-0.1, -0.05) is 0 Å². The fourth-order valence-electron chi connectivity index (χ4n) is 2.93. The maximum atomic E-state index is 12.5. The molecule has 2 aromatic carbocycles. The van der Waals surface area contributed by atoms with Crippen LogP contribution >= 0.6 is 0 Å². The molecule has 0 aliphatic heterocycles. The highest BCUT2D eigenvalue weighted by Gasteiger charge is 2.18. The van der Waals surface area contributed by atoms with Gasteiger partial charge in [0.15, 0.2) is 0 Å². The van der Waals surface area contributed by atoms with E-state index in [2.05, 4.69) is 10.0 Å². The van der Waals surface area contributed by atoms with Gasteiger partial charge >= 0.3 is 0 Å². The van der Waals surface area contributed by atoms with Crippen molar-refractivity contribution in [1.29, 1.82) is 0 Å². The van der Waals surface area contributed by atoms with Crippen molar-refractivity contribution in [2.45, 2.75) is 43.6 Å². The Hall–Kier alpha value is -2.54. The highest BCUT2D eigenvalue weighted by Crippen LogP contribution is 2.25. The first kappa shape index (κ1) is 18.3. The third-order valence-electron chi connectivity index (χ3n) is 4.20. The largest absolute Gasteiger partial charge is 0.490 e. The summed E-state index contributed by atoms with van der Waals surface area (Å²) < 4.78 is 33.4. The molecular formula is C19H22N2O4S. The summed E-state index contributed by atoms with van der Waals surface area (Å²) in [5.74, 6) is 0.508. The van der Waals surface area contributed by atoms with Gasteiger partial charge in [0.05, 0.1) is 11.0 Å². The van der Waals surface area contributed by atoms with Crippen LogP contribution in [0.15, 0.2) is 53.4 Å². The molecular weight excluding hydrogens is 352 g/mol. The molecule has 0 bridgehead atoms. The molecule has 7 heteroatoms. The molecule has 1 amide bonds. The Kier molecular flexibility index (Phi) is 5.46. The molecule has 6 nitrogen and oxygen atoms in total. The third kappa shape index (κ3) is 4.76. The molecule has 1 fully saturated rings. The van der Waals surface area contributed by atoms with Gasteiger partial charge in [0.2, 0.25) is 5.91 Å². The zero-order valence-electron chi connectivity index (χ0n) is 14.6. The van der Waals surface area contributed by atoms with Crippen molar-refractivity contribution in [1.82, 2.24) is 0 Å². The van der Waals surface area contributed by atoms with Crippen molar-refractivity contribution >= 4 is 27.3 Å². The smallest absolute Gasteiger partial charge is 0.261 e. The SMILES string of the molecule is CC(=O)Nc1ccc(NS(=O)(=O)c2ccc(OC3CCCC3)cc2)cc1. The fourth-order valence-corrected chi connectivity index (χ4v) is 3.99. The molecule has 0 atom stereocenters. The van der Waals surface area contributed by atoms with E-state index in [1.165, 1.54) is 31.9 Å². The number of rotatable bonds is 6. The quantitative estimate of drug-likeness (QED) is 0.806. The summed E-state index contributed by atoms with van der Waals surface area (Å²) in [7, 11) is -3.69. The van der Waals surface area contributed by atoms with E-state index < -0.39 is 10.0 Å². The number of ether oxygens (including phenoxy) is 1. The number of carbonyl (C=O) groups excluding carboxylic acids is 1. The summed E-state index contributed by atoms with van der Waals surface area (Å²) in [5, 5.41) is 2.63. The average Bonchev–Trinajstić information content (AvgIpc) is 3.09. The van der Waals surface area contributed by atoms with E-state index in [-0.39, 0.29) is 16.9 Å². The molecule has 0 aromatic heterocycles. The first-order chi connectivity index (χ1) is 12.4. The van der Waals surface area contributed by atoms with Crippen LogP contribution in [0.1, 0.15) is 32.6 Å². The number of amides is 1. The average molecular weight is 374 g/mol. The summed E-state index contributed by atoms with van der Waals surface area (Å²) in [6.07, 6.45) is 4.70. The molecule has 0 radical (unpaired) electrons. The summed E-state index contributed by atoms with van der Waals surface area (Å²) in [6, 6.07) is 12.9. The number of benzene rings is 2. The van der Waals surface area contributed by atoms with E-state index in [9.17, 15) is 13.2 Å². The predicted octanol–water partition coefficient (Wildman–Crippen LogP) is 3.77. The van der Waals surface area contributed by atoms with E-state index in [0.717, 1.165) is 12.8 Å². The van der Waals surface area contributed by atoms with E-state index in [1.54, 1.807) is 36.4 Å². The van der Waals surface area contributed by atoms with Gasteiger partial charge < -0.3 is 10.1 Å². The van der Waals surface area contributed by atoms with Gasteiger partial charge in [-0.3, -0.25) is 9.52 Å². The van der Waals surface area contributed by atoms with Crippen molar-refractivity contribution < 1.29 is 17.9 Å².